The molecule has 0 aliphatic carbocycles. The van der Waals surface area contributed by atoms with Gasteiger partial charge in [-0.2, -0.15) is 0 Å². The maximum absolute atomic E-state index is 13.9. The molecule has 0 spiro atoms. The zero-order chi connectivity index (χ0) is 30.1. The first-order chi connectivity index (χ1) is 20.9. The van der Waals surface area contributed by atoms with Gasteiger partial charge in [0.1, 0.15) is 17.4 Å². The molecule has 43 heavy (non-hydrogen) atoms. The molecule has 2 fully saturated rings. The number of nitro groups is 1. The largest absolute Gasteiger partial charge is 0.494 e. The number of rotatable bonds is 8. The minimum absolute atomic E-state index is 0.172. The Morgan fingerprint density at radius 2 is 1.56 bits per heavy atom. The summed E-state index contributed by atoms with van der Waals surface area (Å²) in [6.45, 7) is 2.32. The van der Waals surface area contributed by atoms with Gasteiger partial charge in [-0.25, -0.2) is 14.8 Å². The van der Waals surface area contributed by atoms with Gasteiger partial charge in [0.05, 0.1) is 34.5 Å². The summed E-state index contributed by atoms with van der Waals surface area (Å²) in [7, 11) is 0. The number of carbonyl (C=O) groups excluding carboxylic acids is 3. The molecular weight excluding hydrogens is 554 g/mol. The van der Waals surface area contributed by atoms with E-state index in [1.807, 2.05) is 6.92 Å². The molecule has 6 rings (SSSR count). The van der Waals surface area contributed by atoms with Gasteiger partial charge in [-0.15, -0.1) is 0 Å². The van der Waals surface area contributed by atoms with Crippen molar-refractivity contribution in [3.05, 3.63) is 124 Å². The van der Waals surface area contributed by atoms with Crippen molar-refractivity contribution in [2.75, 3.05) is 16.6 Å². The summed E-state index contributed by atoms with van der Waals surface area (Å²) in [5.41, 5.74) is 1.48. The van der Waals surface area contributed by atoms with Crippen LogP contribution in [0.25, 0.3) is 0 Å². The summed E-state index contributed by atoms with van der Waals surface area (Å²) < 4.78 is 11.0. The Balaban J connectivity index is 1.34. The van der Waals surface area contributed by atoms with Gasteiger partial charge in [0.15, 0.2) is 6.10 Å². The van der Waals surface area contributed by atoms with E-state index in [1.54, 1.807) is 84.9 Å². The smallest absolute Gasteiger partial charge is 0.343 e. The fourth-order valence-corrected chi connectivity index (χ4v) is 5.31. The SMILES string of the molecule is CCOc1ccc(N2C(=O)[C@@H]3[C@@H](c4ccc(OC(=O)c5ccccc5)cc4)N(c4cccc([N+](=O)[O-])c4)O[C@H]3C2=O)cc1. The van der Waals surface area contributed by atoms with E-state index < -0.39 is 40.8 Å². The lowest BCUT2D eigenvalue weighted by Gasteiger charge is -2.28. The number of anilines is 2. The molecule has 0 saturated carbocycles. The zero-order valence-electron chi connectivity index (χ0n) is 22.9. The predicted octanol–water partition coefficient (Wildman–Crippen LogP) is 5.26. The number of amides is 2. The van der Waals surface area contributed by atoms with Crippen LogP contribution in [0.5, 0.6) is 11.5 Å². The first kappa shape index (κ1) is 27.6. The molecule has 2 amide bonds. The first-order valence-corrected chi connectivity index (χ1v) is 13.5. The van der Waals surface area contributed by atoms with Crippen molar-refractivity contribution in [3.8, 4) is 11.5 Å². The average Bonchev–Trinajstić information content (AvgIpc) is 3.54. The standard InChI is InChI=1S/C32H25N3O8/c1-2-41-25-17-13-22(14-18-25)33-30(36)27-28(20-11-15-26(16-12-20)42-32(38)21-7-4-3-5-8-21)34(43-29(27)31(33)37)23-9-6-10-24(19-23)35(39)40/h3-19,27-29H,2H2,1H3/t27-,28-,29-/m1/s1. The number of imide groups is 1. The van der Waals surface area contributed by atoms with Crippen LogP contribution in [-0.2, 0) is 14.4 Å². The molecule has 2 aliphatic heterocycles. The highest BCUT2D eigenvalue weighted by Gasteiger charge is 2.60. The molecule has 0 aromatic heterocycles. The number of nitrogens with zero attached hydrogens (tertiary/aromatic N) is 3. The molecule has 11 nitrogen and oxygen atoms in total. The highest BCUT2D eigenvalue weighted by Crippen LogP contribution is 2.48. The quantitative estimate of drug-likeness (QED) is 0.0902. The van der Waals surface area contributed by atoms with E-state index in [4.69, 9.17) is 14.3 Å². The Bertz CT molecular complexity index is 1690. The van der Waals surface area contributed by atoms with Crippen molar-refractivity contribution < 1.29 is 33.6 Å². The lowest BCUT2D eigenvalue weighted by molar-refractivity contribution is -0.384. The normalized spacial score (nSPS) is 19.3. The molecule has 216 valence electrons. The van der Waals surface area contributed by atoms with Crippen LogP contribution in [-0.4, -0.2) is 35.4 Å². The monoisotopic (exact) mass is 579 g/mol. The summed E-state index contributed by atoms with van der Waals surface area (Å²) >= 11 is 0. The molecule has 4 aromatic carbocycles. The van der Waals surface area contributed by atoms with E-state index >= 15 is 0 Å². The number of benzene rings is 4. The Hall–Kier alpha value is -5.55. The Labute approximate surface area is 245 Å². The molecule has 2 heterocycles. The second kappa shape index (κ2) is 11.4. The van der Waals surface area contributed by atoms with Crippen LogP contribution in [0.15, 0.2) is 103 Å². The molecule has 0 bridgehead atoms. The summed E-state index contributed by atoms with van der Waals surface area (Å²) in [6.07, 6.45) is -1.17. The highest BCUT2D eigenvalue weighted by molar-refractivity contribution is 6.24. The topological polar surface area (TPSA) is 129 Å². The van der Waals surface area contributed by atoms with Gasteiger partial charge in [-0.05, 0) is 67.1 Å². The fourth-order valence-electron chi connectivity index (χ4n) is 5.31. The van der Waals surface area contributed by atoms with E-state index in [2.05, 4.69) is 0 Å². The number of hydroxylamine groups is 1. The van der Waals surface area contributed by atoms with Crippen LogP contribution in [0.3, 0.4) is 0 Å². The zero-order valence-corrected chi connectivity index (χ0v) is 22.9. The van der Waals surface area contributed by atoms with Crippen LogP contribution in [0.2, 0.25) is 0 Å². The number of non-ortho nitro benzene ring substituents is 1. The number of esters is 1. The number of fused-ring (bicyclic) bond motifs is 1. The van der Waals surface area contributed by atoms with Crippen molar-refractivity contribution >= 4 is 34.8 Å². The number of nitro benzene ring substituents is 1. The van der Waals surface area contributed by atoms with Crippen molar-refractivity contribution in [1.82, 2.24) is 0 Å². The van der Waals surface area contributed by atoms with Crippen molar-refractivity contribution in [2.45, 2.75) is 19.1 Å². The molecule has 0 radical (unpaired) electrons. The molecule has 4 aromatic rings. The minimum Gasteiger partial charge on any atom is -0.494 e. The Morgan fingerprint density at radius 3 is 2.23 bits per heavy atom. The van der Waals surface area contributed by atoms with E-state index in [0.29, 0.717) is 34.9 Å². The van der Waals surface area contributed by atoms with E-state index in [9.17, 15) is 24.5 Å². The number of carbonyl (C=O) groups is 3. The van der Waals surface area contributed by atoms with Gasteiger partial charge in [-0.1, -0.05) is 36.4 Å². The van der Waals surface area contributed by atoms with Crippen LogP contribution in [0.4, 0.5) is 17.1 Å². The lowest BCUT2D eigenvalue weighted by atomic mass is 9.90. The van der Waals surface area contributed by atoms with E-state index in [1.165, 1.54) is 23.3 Å². The van der Waals surface area contributed by atoms with Crippen LogP contribution in [0.1, 0.15) is 28.9 Å². The third kappa shape index (κ3) is 5.17. The minimum atomic E-state index is -1.17. The van der Waals surface area contributed by atoms with Crippen molar-refractivity contribution in [3.63, 3.8) is 0 Å². The molecule has 0 N–H and O–H groups in total. The predicted molar refractivity (Wildman–Crippen MR) is 155 cm³/mol. The fraction of sp³-hybridized carbons (Fsp3) is 0.156. The number of ether oxygens (including phenoxy) is 2. The molecule has 0 unspecified atom stereocenters. The van der Waals surface area contributed by atoms with Gasteiger partial charge in [0.2, 0.25) is 5.91 Å². The molecule has 2 saturated heterocycles. The van der Waals surface area contributed by atoms with Gasteiger partial charge in [-0.3, -0.25) is 24.5 Å². The van der Waals surface area contributed by atoms with Gasteiger partial charge < -0.3 is 9.47 Å². The van der Waals surface area contributed by atoms with Crippen molar-refractivity contribution in [1.29, 1.82) is 0 Å². The summed E-state index contributed by atoms with van der Waals surface area (Å²) in [4.78, 5) is 58.2. The molecule has 11 heteroatoms. The number of hydrogen-bond donors (Lipinski definition) is 0. The van der Waals surface area contributed by atoms with Crippen LogP contribution >= 0.6 is 0 Å². The lowest BCUT2D eigenvalue weighted by Crippen LogP contribution is -2.37. The first-order valence-electron chi connectivity index (χ1n) is 13.5. The summed E-state index contributed by atoms with van der Waals surface area (Å²) in [5.74, 6) is -1.64. The molecular formula is C32H25N3O8. The highest BCUT2D eigenvalue weighted by atomic mass is 16.7. The third-order valence-electron chi connectivity index (χ3n) is 7.26. The van der Waals surface area contributed by atoms with Crippen molar-refractivity contribution in [2.24, 2.45) is 5.92 Å². The average molecular weight is 580 g/mol. The van der Waals surface area contributed by atoms with Gasteiger partial charge in [0, 0.05) is 12.1 Å². The van der Waals surface area contributed by atoms with Crippen LogP contribution < -0.4 is 19.4 Å². The van der Waals surface area contributed by atoms with Crippen LogP contribution in [0, 0.1) is 16.0 Å². The second-order valence-electron chi connectivity index (χ2n) is 9.86. The van der Waals surface area contributed by atoms with E-state index in [-0.39, 0.29) is 11.4 Å². The number of hydrogen-bond acceptors (Lipinski definition) is 9. The third-order valence-corrected chi connectivity index (χ3v) is 7.26. The Kier molecular flexibility index (Phi) is 7.31. The second-order valence-corrected chi connectivity index (χ2v) is 9.86. The van der Waals surface area contributed by atoms with E-state index in [0.717, 1.165) is 4.90 Å². The maximum atomic E-state index is 13.9. The summed E-state index contributed by atoms with van der Waals surface area (Å²) in [5, 5.41) is 12.9. The summed E-state index contributed by atoms with van der Waals surface area (Å²) in [6, 6.07) is 26.6. The maximum Gasteiger partial charge on any atom is 0.343 e. The van der Waals surface area contributed by atoms with Gasteiger partial charge in [0.25, 0.3) is 11.6 Å². The Morgan fingerprint density at radius 1 is 0.860 bits per heavy atom. The molecule has 3 atom stereocenters. The molecule has 2 aliphatic rings. The van der Waals surface area contributed by atoms with Gasteiger partial charge >= 0.3 is 5.97 Å².